The normalized spacial score (nSPS) is 30.3. The van der Waals surface area contributed by atoms with Crippen LogP contribution in [0.4, 0.5) is 5.13 Å². The molecule has 0 aliphatic heterocycles. The maximum atomic E-state index is 12.1. The first-order valence-electron chi connectivity index (χ1n) is 6.31. The van der Waals surface area contributed by atoms with E-state index in [0.717, 1.165) is 5.69 Å². The van der Waals surface area contributed by atoms with Crippen molar-refractivity contribution < 1.29 is 4.79 Å². The van der Waals surface area contributed by atoms with Crippen LogP contribution in [0.25, 0.3) is 0 Å². The molecule has 0 spiro atoms. The van der Waals surface area contributed by atoms with Crippen molar-refractivity contribution in [3.05, 3.63) is 11.1 Å². The number of carbonyl (C=O) groups excluding carboxylic acids is 1. The fourth-order valence-electron chi connectivity index (χ4n) is 2.58. The van der Waals surface area contributed by atoms with Crippen LogP contribution in [0.2, 0.25) is 0 Å². The predicted octanol–water partition coefficient (Wildman–Crippen LogP) is 2.90. The van der Waals surface area contributed by atoms with Crippen LogP contribution in [0.1, 0.15) is 44.2 Å². The number of carbonyl (C=O) groups is 1. The van der Waals surface area contributed by atoms with Gasteiger partial charge in [0, 0.05) is 11.3 Å². The highest BCUT2D eigenvalue weighted by Crippen LogP contribution is 2.46. The second-order valence-corrected chi connectivity index (χ2v) is 6.37. The molecule has 0 bridgehead atoms. The number of nitrogens with one attached hydrogen (secondary N) is 1. The topological polar surface area (TPSA) is 65.8 Å². The third-order valence-corrected chi connectivity index (χ3v) is 4.56. The summed E-state index contributed by atoms with van der Waals surface area (Å²) in [5.41, 5.74) is 0.272. The van der Waals surface area contributed by atoms with Gasteiger partial charge >= 0.3 is 0 Å². The Morgan fingerprint density at radius 1 is 1.61 bits per heavy atom. The Morgan fingerprint density at radius 2 is 2.33 bits per heavy atom. The lowest BCUT2D eigenvalue weighted by atomic mass is 9.63. The Balaban J connectivity index is 1.68. The van der Waals surface area contributed by atoms with E-state index in [1.54, 1.807) is 0 Å². The summed E-state index contributed by atoms with van der Waals surface area (Å²) in [7, 11) is 0. The number of hydrogen-bond donors (Lipinski definition) is 1. The largest absolute Gasteiger partial charge is 0.301 e. The summed E-state index contributed by atoms with van der Waals surface area (Å²) in [6.07, 6.45) is 3.74. The third-order valence-electron chi connectivity index (χ3n) is 3.78. The highest BCUT2D eigenvalue weighted by atomic mass is 32.1. The Labute approximate surface area is 110 Å². The number of amides is 1. The molecule has 2 saturated carbocycles. The van der Waals surface area contributed by atoms with Crippen LogP contribution in [0.5, 0.6) is 0 Å². The molecule has 0 atom stereocenters. The van der Waals surface area contributed by atoms with Crippen LogP contribution in [-0.2, 0) is 4.79 Å². The monoisotopic (exact) mass is 261 g/mol. The average Bonchev–Trinajstić information content (AvgIpc) is 3.06. The van der Waals surface area contributed by atoms with Crippen molar-refractivity contribution >= 4 is 22.4 Å². The van der Waals surface area contributed by atoms with Crippen LogP contribution in [0.3, 0.4) is 0 Å². The summed E-state index contributed by atoms with van der Waals surface area (Å²) < 4.78 is 0. The van der Waals surface area contributed by atoms with Crippen LogP contribution in [-0.4, -0.2) is 10.9 Å². The van der Waals surface area contributed by atoms with E-state index in [1.807, 2.05) is 5.38 Å². The SMILES string of the molecule is CC1CC(C#N)(C(=O)Nc2nc(C3CC3)cs2)C1. The fourth-order valence-corrected chi connectivity index (χ4v) is 3.37. The molecule has 4 nitrogen and oxygen atoms in total. The van der Waals surface area contributed by atoms with Crippen LogP contribution < -0.4 is 5.32 Å². The first-order chi connectivity index (χ1) is 8.63. The standard InChI is InChI=1S/C13H15N3OS/c1-8-4-13(5-8,7-14)11(17)16-12-15-10(6-18-12)9-2-3-9/h6,8-9H,2-5H2,1H3,(H,15,16,17). The van der Waals surface area contributed by atoms with E-state index < -0.39 is 5.41 Å². The minimum Gasteiger partial charge on any atom is -0.301 e. The molecule has 0 unspecified atom stereocenters. The predicted molar refractivity (Wildman–Crippen MR) is 69.2 cm³/mol. The van der Waals surface area contributed by atoms with Gasteiger partial charge in [0.05, 0.1) is 11.8 Å². The summed E-state index contributed by atoms with van der Waals surface area (Å²) in [5, 5.41) is 14.6. The highest BCUT2D eigenvalue weighted by molar-refractivity contribution is 7.13. The van der Waals surface area contributed by atoms with E-state index in [0.29, 0.717) is 29.8 Å². The van der Waals surface area contributed by atoms with Gasteiger partial charge in [0.25, 0.3) is 0 Å². The molecule has 3 rings (SSSR count). The van der Waals surface area contributed by atoms with Gasteiger partial charge in [-0.1, -0.05) is 6.92 Å². The zero-order valence-electron chi connectivity index (χ0n) is 10.3. The van der Waals surface area contributed by atoms with E-state index in [1.165, 1.54) is 24.2 Å². The number of anilines is 1. The number of nitrogens with zero attached hydrogens (tertiary/aromatic N) is 2. The van der Waals surface area contributed by atoms with Gasteiger partial charge in [0.2, 0.25) is 5.91 Å². The Hall–Kier alpha value is -1.41. The quantitative estimate of drug-likeness (QED) is 0.909. The number of nitriles is 1. The number of hydrogen-bond acceptors (Lipinski definition) is 4. The molecule has 1 heterocycles. The Morgan fingerprint density at radius 3 is 2.89 bits per heavy atom. The van der Waals surface area contributed by atoms with E-state index >= 15 is 0 Å². The molecule has 1 aromatic rings. The minimum atomic E-state index is -0.815. The molecule has 1 N–H and O–H groups in total. The van der Waals surface area contributed by atoms with Gasteiger partial charge in [-0.05, 0) is 31.6 Å². The Kier molecular flexibility index (Phi) is 2.63. The molecule has 94 valence electrons. The molecular formula is C13H15N3OS. The van der Waals surface area contributed by atoms with E-state index in [-0.39, 0.29) is 5.91 Å². The van der Waals surface area contributed by atoms with Gasteiger partial charge in [0.1, 0.15) is 5.41 Å². The van der Waals surface area contributed by atoms with Gasteiger partial charge in [-0.15, -0.1) is 11.3 Å². The molecule has 2 fully saturated rings. The fraction of sp³-hybridized carbons (Fsp3) is 0.615. The van der Waals surface area contributed by atoms with Gasteiger partial charge in [0.15, 0.2) is 5.13 Å². The van der Waals surface area contributed by atoms with E-state index in [2.05, 4.69) is 23.3 Å². The maximum absolute atomic E-state index is 12.1. The van der Waals surface area contributed by atoms with Crippen molar-refractivity contribution in [1.29, 1.82) is 5.26 Å². The third kappa shape index (κ3) is 1.91. The second kappa shape index (κ2) is 4.06. The molecule has 18 heavy (non-hydrogen) atoms. The smallest absolute Gasteiger partial charge is 0.246 e. The van der Waals surface area contributed by atoms with E-state index in [4.69, 9.17) is 0 Å². The molecule has 2 aliphatic carbocycles. The van der Waals surface area contributed by atoms with Crippen molar-refractivity contribution in [2.24, 2.45) is 11.3 Å². The molecule has 1 aromatic heterocycles. The van der Waals surface area contributed by atoms with Gasteiger partial charge < -0.3 is 5.32 Å². The summed E-state index contributed by atoms with van der Waals surface area (Å²) in [6.45, 7) is 2.07. The van der Waals surface area contributed by atoms with Gasteiger partial charge in [-0.2, -0.15) is 5.26 Å². The summed E-state index contributed by atoms with van der Waals surface area (Å²) >= 11 is 1.46. The zero-order chi connectivity index (χ0) is 12.8. The van der Waals surface area contributed by atoms with Gasteiger partial charge in [-0.3, -0.25) is 4.79 Å². The van der Waals surface area contributed by atoms with Crippen LogP contribution in [0, 0.1) is 22.7 Å². The lowest BCUT2D eigenvalue weighted by Gasteiger charge is -2.38. The Bertz CT molecular complexity index is 521. The lowest BCUT2D eigenvalue weighted by molar-refractivity contribution is -0.128. The number of aromatic nitrogens is 1. The average molecular weight is 261 g/mol. The minimum absolute atomic E-state index is 0.181. The molecule has 0 saturated heterocycles. The number of rotatable bonds is 3. The van der Waals surface area contributed by atoms with E-state index in [9.17, 15) is 10.1 Å². The lowest BCUT2D eigenvalue weighted by Crippen LogP contribution is -2.45. The zero-order valence-corrected chi connectivity index (χ0v) is 11.1. The van der Waals surface area contributed by atoms with Crippen molar-refractivity contribution in [2.75, 3.05) is 5.32 Å². The first kappa shape index (κ1) is 11.7. The molecule has 2 aliphatic rings. The first-order valence-corrected chi connectivity index (χ1v) is 7.19. The van der Waals surface area contributed by atoms with Crippen LogP contribution >= 0.6 is 11.3 Å². The van der Waals surface area contributed by atoms with Crippen molar-refractivity contribution in [2.45, 2.75) is 38.5 Å². The van der Waals surface area contributed by atoms with Gasteiger partial charge in [-0.25, -0.2) is 4.98 Å². The molecule has 1 amide bonds. The van der Waals surface area contributed by atoms with Crippen molar-refractivity contribution in [1.82, 2.24) is 4.98 Å². The van der Waals surface area contributed by atoms with Crippen molar-refractivity contribution in [3.8, 4) is 6.07 Å². The molecule has 5 heteroatoms. The van der Waals surface area contributed by atoms with Crippen molar-refractivity contribution in [3.63, 3.8) is 0 Å². The maximum Gasteiger partial charge on any atom is 0.246 e. The number of thiazole rings is 1. The summed E-state index contributed by atoms with van der Waals surface area (Å²) in [6, 6.07) is 2.17. The second-order valence-electron chi connectivity index (χ2n) is 5.51. The molecule has 0 radical (unpaired) electrons. The summed E-state index contributed by atoms with van der Waals surface area (Å²) in [5.74, 6) is 0.883. The molecule has 0 aromatic carbocycles. The van der Waals surface area contributed by atoms with Crippen LogP contribution in [0.15, 0.2) is 5.38 Å². The summed E-state index contributed by atoms with van der Waals surface area (Å²) in [4.78, 5) is 16.5. The highest BCUT2D eigenvalue weighted by Gasteiger charge is 2.49. The molecular weight excluding hydrogens is 246 g/mol.